The number of rotatable bonds is 3. The first-order chi connectivity index (χ1) is 8.61. The summed E-state index contributed by atoms with van der Waals surface area (Å²) in [5.74, 6) is 4.66. The van der Waals surface area contributed by atoms with Crippen LogP contribution in [0.2, 0.25) is 5.02 Å². The van der Waals surface area contributed by atoms with Gasteiger partial charge in [-0.15, -0.1) is 0 Å². The van der Waals surface area contributed by atoms with E-state index in [-0.39, 0.29) is 5.82 Å². The first-order valence-corrected chi connectivity index (χ1v) is 5.66. The van der Waals surface area contributed by atoms with Crippen LogP contribution < -0.4 is 11.3 Å². The number of nitrogens with one attached hydrogen (secondary N) is 1. The molecule has 0 aliphatic carbocycles. The summed E-state index contributed by atoms with van der Waals surface area (Å²) >= 11 is 5.84. The molecule has 0 aliphatic rings. The molecule has 2 aromatic carbocycles. The van der Waals surface area contributed by atoms with E-state index in [2.05, 4.69) is 5.43 Å². The van der Waals surface area contributed by atoms with Crippen LogP contribution >= 0.6 is 11.6 Å². The summed E-state index contributed by atoms with van der Waals surface area (Å²) < 4.78 is 26.6. The fraction of sp³-hybridized carbons (Fsp3) is 0.0769. The number of benzene rings is 2. The van der Waals surface area contributed by atoms with Crippen molar-refractivity contribution in [3.8, 4) is 0 Å². The Kier molecular flexibility index (Phi) is 3.91. The second-order valence-electron chi connectivity index (χ2n) is 3.82. The maximum atomic E-state index is 13.7. The Morgan fingerprint density at radius 2 is 1.72 bits per heavy atom. The van der Waals surface area contributed by atoms with Gasteiger partial charge in [0.2, 0.25) is 0 Å². The van der Waals surface area contributed by atoms with Crippen LogP contribution in [0, 0.1) is 11.6 Å². The average Bonchev–Trinajstić information content (AvgIpc) is 2.37. The van der Waals surface area contributed by atoms with Crippen molar-refractivity contribution in [3.05, 3.63) is 70.2 Å². The first-order valence-electron chi connectivity index (χ1n) is 5.28. The van der Waals surface area contributed by atoms with Crippen molar-refractivity contribution in [2.45, 2.75) is 6.04 Å². The molecule has 2 aromatic rings. The molecule has 0 saturated carbocycles. The molecule has 1 atom stereocenters. The van der Waals surface area contributed by atoms with Gasteiger partial charge in [0, 0.05) is 10.6 Å². The summed E-state index contributed by atoms with van der Waals surface area (Å²) in [5.41, 5.74) is 3.47. The minimum atomic E-state index is -0.579. The molecule has 2 nitrogen and oxygen atoms in total. The number of hydrazine groups is 1. The van der Waals surface area contributed by atoms with Gasteiger partial charge >= 0.3 is 0 Å². The zero-order valence-electron chi connectivity index (χ0n) is 9.33. The van der Waals surface area contributed by atoms with Gasteiger partial charge in [0.15, 0.2) is 0 Å². The van der Waals surface area contributed by atoms with Crippen molar-refractivity contribution >= 4 is 11.6 Å². The Hall–Kier alpha value is -1.49. The highest BCUT2D eigenvalue weighted by Crippen LogP contribution is 2.26. The minimum absolute atomic E-state index is 0.316. The third-order valence-electron chi connectivity index (χ3n) is 2.64. The van der Waals surface area contributed by atoms with Gasteiger partial charge in [-0.3, -0.25) is 5.84 Å². The molecule has 0 fully saturated rings. The van der Waals surface area contributed by atoms with Crippen LogP contribution in [-0.4, -0.2) is 0 Å². The van der Waals surface area contributed by atoms with Gasteiger partial charge in [-0.2, -0.15) is 0 Å². The Labute approximate surface area is 108 Å². The molecule has 3 N–H and O–H groups in total. The van der Waals surface area contributed by atoms with Crippen LogP contribution in [0.3, 0.4) is 0 Å². The predicted molar refractivity (Wildman–Crippen MR) is 67.0 cm³/mol. The third kappa shape index (κ3) is 2.67. The Bertz CT molecular complexity index is 543. The quantitative estimate of drug-likeness (QED) is 0.663. The van der Waals surface area contributed by atoms with Gasteiger partial charge in [0.25, 0.3) is 0 Å². The molecule has 0 saturated heterocycles. The number of hydrogen-bond donors (Lipinski definition) is 2. The zero-order chi connectivity index (χ0) is 13.1. The second-order valence-corrected chi connectivity index (χ2v) is 4.25. The molecule has 5 heteroatoms. The summed E-state index contributed by atoms with van der Waals surface area (Å²) in [6.45, 7) is 0. The van der Waals surface area contributed by atoms with E-state index in [0.29, 0.717) is 16.1 Å². The molecular weight excluding hydrogens is 258 g/mol. The van der Waals surface area contributed by atoms with Crippen molar-refractivity contribution in [2.75, 3.05) is 0 Å². The zero-order valence-corrected chi connectivity index (χ0v) is 10.1. The van der Waals surface area contributed by atoms with Gasteiger partial charge < -0.3 is 0 Å². The van der Waals surface area contributed by atoms with Crippen molar-refractivity contribution in [3.63, 3.8) is 0 Å². The van der Waals surface area contributed by atoms with Gasteiger partial charge in [-0.1, -0.05) is 23.7 Å². The van der Waals surface area contributed by atoms with Crippen LogP contribution in [0.4, 0.5) is 8.78 Å². The molecule has 0 radical (unpaired) electrons. The summed E-state index contributed by atoms with van der Waals surface area (Å²) in [7, 11) is 0. The lowest BCUT2D eigenvalue weighted by Crippen LogP contribution is -2.29. The molecule has 0 aliphatic heterocycles. The molecule has 2 rings (SSSR count). The lowest BCUT2D eigenvalue weighted by molar-refractivity contribution is 0.559. The topological polar surface area (TPSA) is 38.0 Å². The van der Waals surface area contributed by atoms with E-state index in [1.165, 1.54) is 30.3 Å². The van der Waals surface area contributed by atoms with E-state index in [1.54, 1.807) is 12.1 Å². The van der Waals surface area contributed by atoms with Crippen molar-refractivity contribution in [1.82, 2.24) is 5.43 Å². The molecule has 0 amide bonds. The van der Waals surface area contributed by atoms with E-state index in [9.17, 15) is 8.78 Å². The van der Waals surface area contributed by atoms with Crippen LogP contribution in [0.25, 0.3) is 0 Å². The van der Waals surface area contributed by atoms with Crippen molar-refractivity contribution < 1.29 is 8.78 Å². The summed E-state index contributed by atoms with van der Waals surface area (Å²) in [5, 5.41) is 0.411. The van der Waals surface area contributed by atoms with E-state index >= 15 is 0 Å². The maximum Gasteiger partial charge on any atom is 0.128 e. The van der Waals surface area contributed by atoms with Crippen LogP contribution in [0.1, 0.15) is 17.2 Å². The lowest BCUT2D eigenvalue weighted by atomic mass is 9.99. The molecule has 0 spiro atoms. The number of hydrogen-bond acceptors (Lipinski definition) is 2. The van der Waals surface area contributed by atoms with E-state index in [0.717, 1.165) is 0 Å². The molecular formula is C13H11ClF2N2. The highest BCUT2D eigenvalue weighted by atomic mass is 35.5. The second kappa shape index (κ2) is 5.44. The third-order valence-corrected chi connectivity index (χ3v) is 2.87. The Morgan fingerprint density at radius 1 is 1.06 bits per heavy atom. The van der Waals surface area contributed by atoms with Crippen LogP contribution in [-0.2, 0) is 0 Å². The highest BCUT2D eigenvalue weighted by Gasteiger charge is 2.17. The molecule has 0 bridgehead atoms. The number of halogens is 3. The largest absolute Gasteiger partial charge is 0.271 e. The van der Waals surface area contributed by atoms with Crippen LogP contribution in [0.5, 0.6) is 0 Å². The smallest absolute Gasteiger partial charge is 0.128 e. The monoisotopic (exact) mass is 268 g/mol. The lowest BCUT2D eigenvalue weighted by Gasteiger charge is -2.17. The number of nitrogens with two attached hydrogens (primary N) is 1. The van der Waals surface area contributed by atoms with Gasteiger partial charge in [0.05, 0.1) is 6.04 Å². The SMILES string of the molecule is NNC(c1ccc(F)cc1)c1cc(Cl)ccc1F. The molecule has 0 aromatic heterocycles. The Balaban J connectivity index is 2.44. The molecule has 1 unspecified atom stereocenters. The first kappa shape index (κ1) is 13.0. The van der Waals surface area contributed by atoms with Gasteiger partial charge in [0.1, 0.15) is 11.6 Å². The van der Waals surface area contributed by atoms with Crippen molar-refractivity contribution in [1.29, 1.82) is 0 Å². The normalized spacial score (nSPS) is 12.4. The fourth-order valence-electron chi connectivity index (χ4n) is 1.76. The van der Waals surface area contributed by atoms with Crippen molar-refractivity contribution in [2.24, 2.45) is 5.84 Å². The van der Waals surface area contributed by atoms with E-state index in [4.69, 9.17) is 17.4 Å². The summed E-state index contributed by atoms with van der Waals surface area (Å²) in [4.78, 5) is 0. The highest BCUT2D eigenvalue weighted by molar-refractivity contribution is 6.30. The summed E-state index contributed by atoms with van der Waals surface area (Å²) in [6.07, 6.45) is 0. The Morgan fingerprint density at radius 3 is 2.33 bits per heavy atom. The standard InChI is InChI=1S/C13H11ClF2N2/c14-9-3-6-12(16)11(7-9)13(18-17)8-1-4-10(15)5-2-8/h1-7,13,18H,17H2. The average molecular weight is 269 g/mol. The molecule has 94 valence electrons. The predicted octanol–water partition coefficient (Wildman–Crippen LogP) is 3.17. The maximum absolute atomic E-state index is 13.7. The molecule has 0 heterocycles. The van der Waals surface area contributed by atoms with Crippen LogP contribution in [0.15, 0.2) is 42.5 Å². The molecule has 18 heavy (non-hydrogen) atoms. The minimum Gasteiger partial charge on any atom is -0.271 e. The van der Waals surface area contributed by atoms with E-state index in [1.807, 2.05) is 0 Å². The fourth-order valence-corrected chi connectivity index (χ4v) is 1.94. The van der Waals surface area contributed by atoms with E-state index < -0.39 is 11.9 Å². The van der Waals surface area contributed by atoms with Gasteiger partial charge in [-0.25, -0.2) is 14.2 Å². The summed E-state index contributed by atoms with van der Waals surface area (Å²) in [6, 6.07) is 9.31. The van der Waals surface area contributed by atoms with Gasteiger partial charge in [-0.05, 0) is 35.9 Å².